The molecule has 3 heterocycles. The van der Waals surface area contributed by atoms with E-state index in [4.69, 9.17) is 0 Å². The van der Waals surface area contributed by atoms with Gasteiger partial charge in [-0.3, -0.25) is 4.90 Å². The van der Waals surface area contributed by atoms with Gasteiger partial charge < -0.3 is 9.80 Å². The van der Waals surface area contributed by atoms with Crippen LogP contribution < -0.4 is 4.90 Å². The van der Waals surface area contributed by atoms with Gasteiger partial charge in [-0.05, 0) is 55.8 Å². The maximum atomic E-state index is 13.4. The van der Waals surface area contributed by atoms with Crippen molar-refractivity contribution in [2.24, 2.45) is 0 Å². The number of nitrogens with zero attached hydrogens (tertiary/aromatic N) is 4. The van der Waals surface area contributed by atoms with E-state index in [9.17, 15) is 8.78 Å². The monoisotopic (exact) mass is 372 g/mol. The molecule has 0 saturated carbocycles. The fourth-order valence-electron chi connectivity index (χ4n) is 3.91. The minimum atomic E-state index is -0.832. The van der Waals surface area contributed by atoms with E-state index < -0.39 is 11.6 Å². The Kier molecular flexibility index (Phi) is 5.64. The van der Waals surface area contributed by atoms with Crippen LogP contribution in [0.15, 0.2) is 36.5 Å². The van der Waals surface area contributed by atoms with Crippen LogP contribution in [-0.4, -0.2) is 67.1 Å². The van der Waals surface area contributed by atoms with Crippen molar-refractivity contribution in [3.63, 3.8) is 0 Å². The van der Waals surface area contributed by atoms with Crippen molar-refractivity contribution in [3.8, 4) is 11.1 Å². The summed E-state index contributed by atoms with van der Waals surface area (Å²) in [5, 5.41) is 0. The number of pyridine rings is 1. The molecular weight excluding hydrogens is 346 g/mol. The summed E-state index contributed by atoms with van der Waals surface area (Å²) in [4.78, 5) is 11.9. The van der Waals surface area contributed by atoms with E-state index in [2.05, 4.69) is 19.7 Å². The second-order valence-electron chi connectivity index (χ2n) is 7.41. The lowest BCUT2D eigenvalue weighted by Crippen LogP contribution is -2.48. The quantitative estimate of drug-likeness (QED) is 0.804. The standard InChI is InChI=1S/C21H26F2N4/c22-19-5-3-17(15-20(19)23)18-4-6-21(24-16-18)27-13-11-26(12-14-27)10-9-25-7-1-2-8-25/h3-6,15-16H,1-2,7-14H2. The van der Waals surface area contributed by atoms with Crippen LogP contribution >= 0.6 is 0 Å². The number of hydrogen-bond donors (Lipinski definition) is 0. The van der Waals surface area contributed by atoms with Gasteiger partial charge in [-0.1, -0.05) is 6.07 Å². The molecule has 1 aromatic carbocycles. The lowest BCUT2D eigenvalue weighted by Gasteiger charge is -2.36. The maximum absolute atomic E-state index is 13.4. The molecule has 27 heavy (non-hydrogen) atoms. The number of anilines is 1. The Balaban J connectivity index is 1.31. The molecule has 144 valence electrons. The first-order valence-corrected chi connectivity index (χ1v) is 9.80. The molecule has 0 spiro atoms. The average molecular weight is 372 g/mol. The van der Waals surface area contributed by atoms with Gasteiger partial charge in [0.2, 0.25) is 0 Å². The summed E-state index contributed by atoms with van der Waals surface area (Å²) in [5.41, 5.74) is 1.43. The van der Waals surface area contributed by atoms with Gasteiger partial charge in [0.05, 0.1) is 0 Å². The highest BCUT2D eigenvalue weighted by molar-refractivity contribution is 5.64. The van der Waals surface area contributed by atoms with Gasteiger partial charge in [-0.25, -0.2) is 13.8 Å². The van der Waals surface area contributed by atoms with Gasteiger partial charge in [0, 0.05) is 51.0 Å². The number of halogens is 2. The molecule has 0 N–H and O–H groups in total. The zero-order chi connectivity index (χ0) is 18.6. The number of hydrogen-bond acceptors (Lipinski definition) is 4. The molecule has 0 aliphatic carbocycles. The van der Waals surface area contributed by atoms with Crippen LogP contribution in [0.4, 0.5) is 14.6 Å². The normalized spacial score (nSPS) is 19.0. The Morgan fingerprint density at radius 1 is 0.741 bits per heavy atom. The molecule has 2 aromatic rings. The molecule has 0 amide bonds. The van der Waals surface area contributed by atoms with E-state index >= 15 is 0 Å². The summed E-state index contributed by atoms with van der Waals surface area (Å²) < 4.78 is 26.5. The minimum Gasteiger partial charge on any atom is -0.354 e. The predicted octanol–water partition coefficient (Wildman–Crippen LogP) is 3.24. The second-order valence-corrected chi connectivity index (χ2v) is 7.41. The maximum Gasteiger partial charge on any atom is 0.159 e. The van der Waals surface area contributed by atoms with Crippen molar-refractivity contribution in [3.05, 3.63) is 48.2 Å². The molecule has 0 bridgehead atoms. The lowest BCUT2D eigenvalue weighted by molar-refractivity contribution is 0.215. The molecule has 2 aliphatic rings. The fraction of sp³-hybridized carbons (Fsp3) is 0.476. The third-order valence-corrected chi connectivity index (χ3v) is 5.63. The van der Waals surface area contributed by atoms with Crippen LogP contribution in [0, 0.1) is 11.6 Å². The van der Waals surface area contributed by atoms with Gasteiger partial charge >= 0.3 is 0 Å². The van der Waals surface area contributed by atoms with Crippen LogP contribution in [0.2, 0.25) is 0 Å². The summed E-state index contributed by atoms with van der Waals surface area (Å²) in [6.45, 7) is 8.90. The molecular formula is C21H26F2N4. The average Bonchev–Trinajstić information content (AvgIpc) is 3.23. The predicted molar refractivity (Wildman–Crippen MR) is 104 cm³/mol. The number of rotatable bonds is 5. The third kappa shape index (κ3) is 4.45. The smallest absolute Gasteiger partial charge is 0.159 e. The Bertz CT molecular complexity index is 751. The van der Waals surface area contributed by atoms with E-state index in [0.29, 0.717) is 5.56 Å². The number of likely N-dealkylation sites (tertiary alicyclic amines) is 1. The highest BCUT2D eigenvalue weighted by atomic mass is 19.2. The van der Waals surface area contributed by atoms with Crippen molar-refractivity contribution in [1.29, 1.82) is 0 Å². The Morgan fingerprint density at radius 3 is 2.04 bits per heavy atom. The largest absolute Gasteiger partial charge is 0.354 e. The molecule has 0 atom stereocenters. The SMILES string of the molecule is Fc1ccc(-c2ccc(N3CCN(CCN4CCCC4)CC3)nc2)cc1F. The minimum absolute atomic E-state index is 0.639. The van der Waals surface area contributed by atoms with E-state index in [1.54, 1.807) is 12.3 Å². The summed E-state index contributed by atoms with van der Waals surface area (Å²) in [7, 11) is 0. The molecule has 6 heteroatoms. The Morgan fingerprint density at radius 2 is 1.41 bits per heavy atom. The van der Waals surface area contributed by atoms with Gasteiger partial charge in [-0.15, -0.1) is 0 Å². The van der Waals surface area contributed by atoms with Crippen LogP contribution in [-0.2, 0) is 0 Å². The third-order valence-electron chi connectivity index (χ3n) is 5.63. The Hall–Kier alpha value is -2.05. The van der Waals surface area contributed by atoms with Crippen molar-refractivity contribution < 1.29 is 8.78 Å². The molecule has 4 nitrogen and oxygen atoms in total. The highest BCUT2D eigenvalue weighted by Crippen LogP contribution is 2.23. The summed E-state index contributed by atoms with van der Waals surface area (Å²) in [6.07, 6.45) is 4.43. The van der Waals surface area contributed by atoms with E-state index in [-0.39, 0.29) is 0 Å². The van der Waals surface area contributed by atoms with Gasteiger partial charge in [0.1, 0.15) is 5.82 Å². The van der Waals surface area contributed by atoms with Gasteiger partial charge in [-0.2, -0.15) is 0 Å². The summed E-state index contributed by atoms with van der Waals surface area (Å²) in [5.74, 6) is -0.715. The number of aromatic nitrogens is 1. The van der Waals surface area contributed by atoms with Crippen LogP contribution in [0.5, 0.6) is 0 Å². The first kappa shape index (κ1) is 18.3. The van der Waals surface area contributed by atoms with Crippen molar-refractivity contribution in [2.75, 3.05) is 57.3 Å². The molecule has 1 aromatic heterocycles. The molecule has 0 radical (unpaired) electrons. The second kappa shape index (κ2) is 8.31. The zero-order valence-electron chi connectivity index (χ0n) is 15.6. The number of benzene rings is 1. The zero-order valence-corrected chi connectivity index (χ0v) is 15.6. The molecule has 0 unspecified atom stereocenters. The van der Waals surface area contributed by atoms with Crippen LogP contribution in [0.1, 0.15) is 12.8 Å². The van der Waals surface area contributed by atoms with Crippen molar-refractivity contribution in [1.82, 2.24) is 14.8 Å². The summed E-state index contributed by atoms with van der Waals surface area (Å²) >= 11 is 0. The lowest BCUT2D eigenvalue weighted by atomic mass is 10.1. The van der Waals surface area contributed by atoms with E-state index in [1.807, 2.05) is 12.1 Å². The number of piperazine rings is 1. The molecule has 2 saturated heterocycles. The van der Waals surface area contributed by atoms with Crippen LogP contribution in [0.25, 0.3) is 11.1 Å². The van der Waals surface area contributed by atoms with E-state index in [0.717, 1.165) is 50.2 Å². The first-order chi connectivity index (χ1) is 13.2. The van der Waals surface area contributed by atoms with Gasteiger partial charge in [0.25, 0.3) is 0 Å². The highest BCUT2D eigenvalue weighted by Gasteiger charge is 2.19. The molecule has 2 fully saturated rings. The van der Waals surface area contributed by atoms with Crippen LogP contribution in [0.3, 0.4) is 0 Å². The van der Waals surface area contributed by atoms with Crippen molar-refractivity contribution in [2.45, 2.75) is 12.8 Å². The van der Waals surface area contributed by atoms with Gasteiger partial charge in [0.15, 0.2) is 11.6 Å². The fourth-order valence-corrected chi connectivity index (χ4v) is 3.91. The molecule has 2 aliphatic heterocycles. The topological polar surface area (TPSA) is 22.6 Å². The summed E-state index contributed by atoms with van der Waals surface area (Å²) in [6, 6.07) is 7.84. The molecule has 4 rings (SSSR count). The Labute approximate surface area is 159 Å². The first-order valence-electron chi connectivity index (χ1n) is 9.80. The van der Waals surface area contributed by atoms with Crippen molar-refractivity contribution >= 4 is 5.82 Å². The van der Waals surface area contributed by atoms with E-state index in [1.165, 1.54) is 38.5 Å².